The summed E-state index contributed by atoms with van der Waals surface area (Å²) in [6.07, 6.45) is 2.21. The molecule has 3 aromatic rings. The number of rotatable bonds is 6. The van der Waals surface area contributed by atoms with Crippen molar-refractivity contribution in [2.75, 3.05) is 6.67 Å². The standard InChI is InChI=1S/C23H21FN2/c1-18-7-5-6-10-22(18)17-25-26-23(20-8-3-2-4-9-20)21-13-11-19(12-14-21)15-16-24/h2-14,17H,15-16H2,1H3. The third-order valence-electron chi connectivity index (χ3n) is 4.20. The molecule has 0 aliphatic heterocycles. The fraction of sp³-hybridized carbons (Fsp3) is 0.130. The van der Waals surface area contributed by atoms with Gasteiger partial charge < -0.3 is 0 Å². The number of benzene rings is 3. The Hall–Kier alpha value is -3.07. The minimum absolute atomic E-state index is 0.348. The molecule has 0 radical (unpaired) electrons. The summed E-state index contributed by atoms with van der Waals surface area (Å²) in [7, 11) is 0. The molecule has 0 saturated carbocycles. The van der Waals surface area contributed by atoms with Gasteiger partial charge in [-0.15, -0.1) is 5.10 Å². The Bertz CT molecular complexity index is 897. The Labute approximate surface area is 153 Å². The lowest BCUT2D eigenvalue weighted by Crippen LogP contribution is -2.03. The topological polar surface area (TPSA) is 24.7 Å². The predicted octanol–water partition coefficient (Wildman–Crippen LogP) is 5.38. The van der Waals surface area contributed by atoms with E-state index in [4.69, 9.17) is 0 Å². The molecular weight excluding hydrogens is 323 g/mol. The second-order valence-corrected chi connectivity index (χ2v) is 6.05. The summed E-state index contributed by atoms with van der Waals surface area (Å²) >= 11 is 0. The lowest BCUT2D eigenvalue weighted by atomic mass is 10.0. The van der Waals surface area contributed by atoms with Crippen molar-refractivity contribution in [2.45, 2.75) is 13.3 Å². The third kappa shape index (κ3) is 4.51. The summed E-state index contributed by atoms with van der Waals surface area (Å²) in [5.41, 5.74) is 5.92. The van der Waals surface area contributed by atoms with Crippen LogP contribution in [-0.4, -0.2) is 18.6 Å². The number of aryl methyl sites for hydroxylation is 2. The van der Waals surface area contributed by atoms with E-state index in [1.165, 1.54) is 0 Å². The molecule has 0 atom stereocenters. The summed E-state index contributed by atoms with van der Waals surface area (Å²) in [5, 5.41) is 8.81. The average molecular weight is 344 g/mol. The Morgan fingerprint density at radius 1 is 0.846 bits per heavy atom. The first-order chi connectivity index (χ1) is 12.8. The maximum atomic E-state index is 12.5. The zero-order valence-corrected chi connectivity index (χ0v) is 14.8. The number of halogens is 1. The molecule has 26 heavy (non-hydrogen) atoms. The van der Waals surface area contributed by atoms with E-state index in [2.05, 4.69) is 10.2 Å². The van der Waals surface area contributed by atoms with Crippen LogP contribution in [0.1, 0.15) is 27.8 Å². The lowest BCUT2D eigenvalue weighted by molar-refractivity contribution is 0.495. The highest BCUT2D eigenvalue weighted by Crippen LogP contribution is 2.14. The van der Waals surface area contributed by atoms with Crippen LogP contribution in [0.15, 0.2) is 89.1 Å². The number of hydrogen-bond donors (Lipinski definition) is 0. The van der Waals surface area contributed by atoms with Crippen LogP contribution in [-0.2, 0) is 6.42 Å². The summed E-state index contributed by atoms with van der Waals surface area (Å²) < 4.78 is 12.5. The SMILES string of the molecule is Cc1ccccc1C=NN=C(c1ccccc1)c1ccc(CCF)cc1. The van der Waals surface area contributed by atoms with Crippen LogP contribution in [0.2, 0.25) is 0 Å². The van der Waals surface area contributed by atoms with E-state index in [0.717, 1.165) is 33.5 Å². The molecule has 0 saturated heterocycles. The Morgan fingerprint density at radius 3 is 2.19 bits per heavy atom. The van der Waals surface area contributed by atoms with Crippen molar-refractivity contribution in [1.82, 2.24) is 0 Å². The zero-order valence-electron chi connectivity index (χ0n) is 14.8. The Morgan fingerprint density at radius 2 is 1.50 bits per heavy atom. The van der Waals surface area contributed by atoms with E-state index < -0.39 is 0 Å². The van der Waals surface area contributed by atoms with Gasteiger partial charge in [-0.2, -0.15) is 5.10 Å². The maximum Gasteiger partial charge on any atom is 0.100 e. The van der Waals surface area contributed by atoms with Gasteiger partial charge in [-0.25, -0.2) is 0 Å². The van der Waals surface area contributed by atoms with Gasteiger partial charge in [-0.05, 0) is 23.6 Å². The Balaban J connectivity index is 1.95. The summed E-state index contributed by atoms with van der Waals surface area (Å²) in [6, 6.07) is 25.8. The van der Waals surface area contributed by atoms with Gasteiger partial charge in [0.2, 0.25) is 0 Å². The molecule has 0 amide bonds. The van der Waals surface area contributed by atoms with Crippen LogP contribution < -0.4 is 0 Å². The number of alkyl halides is 1. The monoisotopic (exact) mass is 344 g/mol. The van der Waals surface area contributed by atoms with Crippen LogP contribution in [0, 0.1) is 6.92 Å². The van der Waals surface area contributed by atoms with Crippen LogP contribution in [0.4, 0.5) is 4.39 Å². The fourth-order valence-corrected chi connectivity index (χ4v) is 2.70. The van der Waals surface area contributed by atoms with Crippen molar-refractivity contribution in [1.29, 1.82) is 0 Å². The summed E-state index contributed by atoms with van der Waals surface area (Å²) in [6.45, 7) is 1.70. The molecular formula is C23H21FN2. The van der Waals surface area contributed by atoms with Gasteiger partial charge in [0.1, 0.15) is 5.71 Å². The molecule has 3 aromatic carbocycles. The molecule has 0 aromatic heterocycles. The van der Waals surface area contributed by atoms with Gasteiger partial charge in [0.05, 0.1) is 12.9 Å². The van der Waals surface area contributed by atoms with Gasteiger partial charge in [-0.3, -0.25) is 4.39 Å². The second kappa shape index (κ2) is 8.86. The lowest BCUT2D eigenvalue weighted by Gasteiger charge is -2.07. The highest BCUT2D eigenvalue weighted by molar-refractivity contribution is 6.13. The molecule has 0 aliphatic carbocycles. The second-order valence-electron chi connectivity index (χ2n) is 6.05. The molecule has 0 bridgehead atoms. The summed E-state index contributed by atoms with van der Waals surface area (Å²) in [4.78, 5) is 0. The van der Waals surface area contributed by atoms with E-state index in [9.17, 15) is 4.39 Å². The minimum atomic E-state index is -0.348. The highest BCUT2D eigenvalue weighted by Gasteiger charge is 2.07. The fourth-order valence-electron chi connectivity index (χ4n) is 2.70. The van der Waals surface area contributed by atoms with Gasteiger partial charge in [0.25, 0.3) is 0 Å². The Kier molecular flexibility index (Phi) is 6.05. The van der Waals surface area contributed by atoms with Crippen molar-refractivity contribution < 1.29 is 4.39 Å². The molecule has 0 spiro atoms. The molecule has 0 heterocycles. The average Bonchev–Trinajstić information content (AvgIpc) is 2.68. The van der Waals surface area contributed by atoms with Crippen LogP contribution in [0.5, 0.6) is 0 Å². The van der Waals surface area contributed by atoms with Gasteiger partial charge >= 0.3 is 0 Å². The van der Waals surface area contributed by atoms with Gasteiger partial charge in [0, 0.05) is 17.5 Å². The van der Waals surface area contributed by atoms with E-state index in [0.29, 0.717) is 6.42 Å². The first-order valence-electron chi connectivity index (χ1n) is 8.65. The van der Waals surface area contributed by atoms with Crippen molar-refractivity contribution in [3.63, 3.8) is 0 Å². The van der Waals surface area contributed by atoms with Crippen molar-refractivity contribution in [3.8, 4) is 0 Å². The summed E-state index contributed by atoms with van der Waals surface area (Å²) in [5.74, 6) is 0. The van der Waals surface area contributed by atoms with Gasteiger partial charge in [0.15, 0.2) is 0 Å². The molecule has 0 fully saturated rings. The van der Waals surface area contributed by atoms with Crippen molar-refractivity contribution in [2.24, 2.45) is 10.2 Å². The van der Waals surface area contributed by atoms with E-state index in [1.807, 2.05) is 85.8 Å². The molecule has 130 valence electrons. The van der Waals surface area contributed by atoms with Crippen molar-refractivity contribution in [3.05, 3.63) is 107 Å². The predicted molar refractivity (Wildman–Crippen MR) is 107 cm³/mol. The van der Waals surface area contributed by atoms with Crippen LogP contribution in [0.25, 0.3) is 0 Å². The molecule has 2 nitrogen and oxygen atoms in total. The molecule has 0 aliphatic rings. The third-order valence-corrected chi connectivity index (χ3v) is 4.20. The first kappa shape index (κ1) is 17.7. The molecule has 0 N–H and O–H groups in total. The largest absolute Gasteiger partial charge is 0.251 e. The van der Waals surface area contributed by atoms with E-state index in [-0.39, 0.29) is 6.67 Å². The normalized spacial score (nSPS) is 11.8. The smallest absolute Gasteiger partial charge is 0.100 e. The first-order valence-corrected chi connectivity index (χ1v) is 8.65. The van der Waals surface area contributed by atoms with Crippen LogP contribution >= 0.6 is 0 Å². The quantitative estimate of drug-likeness (QED) is 0.424. The maximum absolute atomic E-state index is 12.5. The highest BCUT2D eigenvalue weighted by atomic mass is 19.1. The van der Waals surface area contributed by atoms with Gasteiger partial charge in [-0.1, -0.05) is 78.9 Å². The van der Waals surface area contributed by atoms with Crippen molar-refractivity contribution >= 4 is 11.9 Å². The molecule has 3 heteroatoms. The van der Waals surface area contributed by atoms with E-state index in [1.54, 1.807) is 6.21 Å². The number of hydrogen-bond acceptors (Lipinski definition) is 2. The molecule has 0 unspecified atom stereocenters. The van der Waals surface area contributed by atoms with Crippen LogP contribution in [0.3, 0.4) is 0 Å². The molecule has 3 rings (SSSR count). The van der Waals surface area contributed by atoms with E-state index >= 15 is 0 Å². The minimum Gasteiger partial charge on any atom is -0.251 e. The number of nitrogens with zero attached hydrogens (tertiary/aromatic N) is 2. The zero-order chi connectivity index (χ0) is 18.2.